The number of anilines is 2. The van der Waals surface area contributed by atoms with Crippen LogP contribution in [-0.2, 0) is 79.8 Å². The molecule has 4 aromatic rings. The van der Waals surface area contributed by atoms with Crippen molar-refractivity contribution in [3.8, 4) is 0 Å². The highest BCUT2D eigenvalue weighted by molar-refractivity contribution is 6.01. The molecule has 0 unspecified atom stereocenters. The minimum absolute atomic E-state index is 0.0223. The van der Waals surface area contributed by atoms with E-state index in [0.717, 1.165) is 34.1 Å². The van der Waals surface area contributed by atoms with E-state index in [1.165, 1.54) is 78.0 Å². The minimum Gasteiger partial charge on any atom is -0.458 e. The van der Waals surface area contributed by atoms with E-state index < -0.39 is 216 Å². The fourth-order valence-electron chi connectivity index (χ4n) is 16.3. The molecule has 0 saturated carbocycles. The Morgan fingerprint density at radius 2 is 0.905 bits per heavy atom. The second-order valence-electron chi connectivity index (χ2n) is 31.0. The number of carbonyl (C=O) groups excluding carboxylic acids is 14. The smallest absolute Gasteiger partial charge is 0.329 e. The van der Waals surface area contributed by atoms with Gasteiger partial charge in [-0.25, -0.2) is 41.7 Å². The molecule has 10 heterocycles. The maximum Gasteiger partial charge on any atom is 0.329 e. The van der Waals surface area contributed by atoms with Crippen LogP contribution in [0.4, 0.5) is 38.7 Å². The van der Waals surface area contributed by atoms with Crippen LogP contribution in [0.3, 0.4) is 0 Å². The number of pyridine rings is 2. The summed E-state index contributed by atoms with van der Waals surface area (Å²) in [5.74, 6) is -13.2. The normalized spacial score (nSPS) is 28.8. The Kier molecular flexibility index (Phi) is 27.6. The highest BCUT2D eigenvalue weighted by Gasteiger charge is 2.52. The van der Waals surface area contributed by atoms with Crippen LogP contribution in [-0.4, -0.2) is 269 Å². The van der Waals surface area contributed by atoms with Crippen molar-refractivity contribution < 1.29 is 104 Å². The molecule has 34 nitrogen and oxygen atoms in total. The van der Waals surface area contributed by atoms with Crippen molar-refractivity contribution in [1.29, 1.82) is 0 Å². The van der Waals surface area contributed by atoms with Crippen molar-refractivity contribution in [3.05, 3.63) is 120 Å². The predicted octanol–water partition coefficient (Wildman–Crippen LogP) is 1.21. The first-order valence-corrected chi connectivity index (χ1v) is 38.9. The number of benzene rings is 2. The predicted molar refractivity (Wildman–Crippen MR) is 400 cm³/mol. The van der Waals surface area contributed by atoms with Gasteiger partial charge in [-0.3, -0.25) is 58.2 Å². The number of piperidine rings is 2. The Labute approximate surface area is 664 Å². The molecule has 14 amide bonds. The van der Waals surface area contributed by atoms with Crippen LogP contribution in [0.5, 0.6) is 0 Å². The van der Waals surface area contributed by atoms with Crippen LogP contribution in [0, 0.1) is 35.1 Å². The zero-order valence-corrected chi connectivity index (χ0v) is 64.7. The average molecular weight is 1620 g/mol. The lowest BCUT2D eigenvalue weighted by Crippen LogP contribution is -2.63. The number of urea groups is 2. The largest absolute Gasteiger partial charge is 0.458 e. The van der Waals surface area contributed by atoms with E-state index in [1.54, 1.807) is 18.2 Å². The van der Waals surface area contributed by atoms with E-state index in [0.29, 0.717) is 37.8 Å². The minimum atomic E-state index is -1.75. The number of halogens is 4. The number of esters is 2. The molecule has 8 saturated heterocycles. The molecule has 0 aliphatic carbocycles. The summed E-state index contributed by atoms with van der Waals surface area (Å²) < 4.78 is 68.8. The molecule has 2 aromatic heterocycles. The van der Waals surface area contributed by atoms with Gasteiger partial charge in [-0.1, -0.05) is 19.9 Å². The molecule has 116 heavy (non-hydrogen) atoms. The van der Waals surface area contributed by atoms with Gasteiger partial charge >= 0.3 is 24.0 Å². The Hall–Kier alpha value is -11.4. The number of amides is 14. The van der Waals surface area contributed by atoms with Crippen LogP contribution in [0.15, 0.2) is 85.3 Å². The van der Waals surface area contributed by atoms with Gasteiger partial charge in [-0.15, -0.1) is 0 Å². The van der Waals surface area contributed by atoms with Crippen LogP contribution in [0.1, 0.15) is 117 Å². The number of ether oxygens (including phenoxy) is 2. The first kappa shape index (κ1) is 85.4. The summed E-state index contributed by atoms with van der Waals surface area (Å²) in [5, 5.41) is 42.1. The highest BCUT2D eigenvalue weighted by atomic mass is 19.1. The summed E-state index contributed by atoms with van der Waals surface area (Å²) in [4.78, 5) is 211. The molecule has 38 heteroatoms. The SMILES string of the molecule is C[C@@H]1C[C@H]2C(=O)O[C@@H](C)[C@H](NC(=O)[C@H](Cc3cc(F)cc(F)c3)NC(=O)Nc3ccccn3)C(=O)N3C[C@H](O)C[C@H]3C(=O)N3CCCC[C@H]3C(=O)N[C@@H](C)C(=O)N2C1.C[C@@H]1C[C@H]2C(=O)O[C@@H](C)[C@H](NC(=O)[C@H](Cc3cc(F)cc(F)c3)NC(=O)Nc3cccnc3)C(=O)N3C[C@H](O)C[C@H]3C(=O)N3CCCC[C@H]3C(=O)N[C@@H](C)C(=O)N2C1. The zero-order valence-electron chi connectivity index (χ0n) is 64.7. The van der Waals surface area contributed by atoms with Crippen molar-refractivity contribution in [2.24, 2.45) is 11.8 Å². The molecule has 8 aliphatic heterocycles. The molecular weight excluding hydrogens is 1520 g/mol. The summed E-state index contributed by atoms with van der Waals surface area (Å²) >= 11 is 0. The number of cyclic esters (lactones) is 2. The fraction of sp³-hybridized carbons (Fsp3) is 0.538. The molecule has 8 aliphatic rings. The second-order valence-corrected chi connectivity index (χ2v) is 31.0. The Morgan fingerprint density at radius 3 is 1.31 bits per heavy atom. The van der Waals surface area contributed by atoms with E-state index >= 15 is 0 Å². The molecule has 0 radical (unpaired) electrons. The maximum absolute atomic E-state index is 14.7. The van der Waals surface area contributed by atoms with Crippen LogP contribution < -0.4 is 42.5 Å². The zero-order chi connectivity index (χ0) is 83.7. The summed E-state index contributed by atoms with van der Waals surface area (Å²) in [6.07, 6.45) is 0.932. The van der Waals surface area contributed by atoms with Gasteiger partial charge in [0.2, 0.25) is 59.1 Å². The maximum atomic E-state index is 14.7. The van der Waals surface area contributed by atoms with Gasteiger partial charge in [0, 0.05) is 89.5 Å². The van der Waals surface area contributed by atoms with Crippen LogP contribution >= 0.6 is 0 Å². The lowest BCUT2D eigenvalue weighted by atomic mass is 9.98. The van der Waals surface area contributed by atoms with E-state index in [9.17, 15) is 94.9 Å². The summed E-state index contributed by atoms with van der Waals surface area (Å²) in [6, 6.07) is -4.49. The lowest BCUT2D eigenvalue weighted by molar-refractivity contribution is -0.163. The molecule has 624 valence electrons. The van der Waals surface area contributed by atoms with Crippen molar-refractivity contribution in [2.45, 2.75) is 216 Å². The number of nitrogens with one attached hydrogen (secondary N) is 8. The highest BCUT2D eigenvalue weighted by Crippen LogP contribution is 2.33. The van der Waals surface area contributed by atoms with E-state index in [1.807, 2.05) is 13.8 Å². The Bertz CT molecular complexity index is 4080. The fourth-order valence-corrected chi connectivity index (χ4v) is 16.3. The van der Waals surface area contributed by atoms with E-state index in [4.69, 9.17) is 9.47 Å². The molecule has 0 spiro atoms. The molecular formula is C78H96F4N16O18. The first-order valence-electron chi connectivity index (χ1n) is 38.9. The van der Waals surface area contributed by atoms with Crippen molar-refractivity contribution in [3.63, 3.8) is 0 Å². The van der Waals surface area contributed by atoms with Gasteiger partial charge in [0.25, 0.3) is 0 Å². The molecule has 2 aromatic carbocycles. The van der Waals surface area contributed by atoms with Crippen LogP contribution in [0.2, 0.25) is 0 Å². The van der Waals surface area contributed by atoms with Crippen molar-refractivity contribution >= 4 is 94.6 Å². The van der Waals surface area contributed by atoms with Crippen molar-refractivity contribution in [2.75, 3.05) is 49.9 Å². The monoisotopic (exact) mass is 1620 g/mol. The number of hydrogen-bond acceptors (Lipinski definition) is 20. The number of aliphatic hydroxyl groups is 2. The number of nitrogens with zero attached hydrogens (tertiary/aromatic N) is 8. The molecule has 18 atom stereocenters. The Balaban J connectivity index is 0.000000228. The summed E-state index contributed by atoms with van der Waals surface area (Å²) in [7, 11) is 0. The number of carbonyl (C=O) groups is 14. The third kappa shape index (κ3) is 20.6. The third-order valence-electron chi connectivity index (χ3n) is 21.9. The van der Waals surface area contributed by atoms with Crippen molar-refractivity contribution in [1.82, 2.24) is 71.3 Å². The molecule has 12 rings (SSSR count). The van der Waals surface area contributed by atoms with Gasteiger partial charge in [0.15, 0.2) is 0 Å². The number of aromatic nitrogens is 2. The number of fused-ring (bicyclic) bond motifs is 6. The van der Waals surface area contributed by atoms with Crippen LogP contribution in [0.25, 0.3) is 0 Å². The standard InChI is InChI=1S/2C39H48F2N8O9/c1-20-12-30-38(56)58-22(3)32(46-33(51)27(15-23-13-24(40)16-25(41)14-23)44-39(57)45-31-9-4-6-10-42-31)37(55)49-19-26(50)17-29(49)36(54)47-11-7-5-8-28(47)34(52)43-21(2)35(53)48(30)18-20;1-20-11-31-38(56)58-22(3)32(46-33(51)28(14-23-12-24(40)15-25(41)13-23)45-39(57)44-26-7-6-9-42-17-26)37(55)49-19-27(50)16-30(49)36(54)47-10-5-4-8-29(47)34(52)43-21(2)35(53)48(31)18-20/h4,6,9-10,13-14,16,20-22,26-30,32,50H,5,7-8,11-12,15,17-19H2,1-3H3,(H,43,52)(H,46,51)(H2,42,44,45,57);6-7,9,12-13,15,17,20-22,27-32,50H,4-5,8,10-11,14,16,18-19H2,1-3H3,(H,43,52)(H,46,51)(H2,44,45,57)/t20-,21+,22+,26-,27+,28+,29+,30+,32+;20-,21+,22+,27-,28+,29+,30+,31+,32+/m11/s1. The quantitative estimate of drug-likeness (QED) is 0.0704. The van der Waals surface area contributed by atoms with Gasteiger partial charge in [0.1, 0.15) is 114 Å². The van der Waals surface area contributed by atoms with Gasteiger partial charge in [0.05, 0.1) is 24.1 Å². The number of aliphatic hydroxyl groups excluding tert-OH is 2. The second kappa shape index (κ2) is 37.4. The molecule has 8 fully saturated rings. The molecule has 0 bridgehead atoms. The summed E-state index contributed by atoms with van der Waals surface area (Å²) in [5.41, 5.74) is 0.206. The van der Waals surface area contributed by atoms with Gasteiger partial charge in [-0.2, -0.15) is 0 Å². The third-order valence-corrected chi connectivity index (χ3v) is 21.9. The number of rotatable bonds is 12. The van der Waals surface area contributed by atoms with Gasteiger partial charge in [-0.05, 0) is 151 Å². The van der Waals surface area contributed by atoms with E-state index in [2.05, 4.69) is 52.5 Å². The summed E-state index contributed by atoms with van der Waals surface area (Å²) in [6.45, 7) is 9.31. The first-order chi connectivity index (χ1) is 55.2. The number of hydrogen-bond donors (Lipinski definition) is 10. The lowest BCUT2D eigenvalue weighted by Gasteiger charge is -2.39. The van der Waals surface area contributed by atoms with Gasteiger partial charge < -0.3 is 86.3 Å². The topological polar surface area (TPSA) is 439 Å². The average Bonchev–Trinajstić information content (AvgIpc) is 1.58. The molecule has 10 N–H and O–H groups in total. The van der Waals surface area contributed by atoms with E-state index in [-0.39, 0.29) is 112 Å². The Morgan fingerprint density at radius 1 is 0.483 bits per heavy atom.